The van der Waals surface area contributed by atoms with E-state index in [1.807, 2.05) is 55.8 Å². The van der Waals surface area contributed by atoms with E-state index in [1.54, 1.807) is 0 Å². The zero-order chi connectivity index (χ0) is 19.2. The molecule has 0 fully saturated rings. The Bertz CT molecular complexity index is 878. The molecular weight excluding hydrogens is 477 g/mol. The molecule has 0 bridgehead atoms. The summed E-state index contributed by atoms with van der Waals surface area (Å²) in [5.74, 6) is 0.666. The number of hydrogen-bond donors (Lipinski definition) is 2. The molecular formula is C18H28IN5O2S. The predicted molar refractivity (Wildman–Crippen MR) is 121 cm³/mol. The maximum Gasteiger partial charge on any atom is 0.191 e. The van der Waals surface area contributed by atoms with E-state index in [2.05, 4.69) is 20.7 Å². The molecule has 2 N–H and O–H groups in total. The molecule has 150 valence electrons. The van der Waals surface area contributed by atoms with Crippen LogP contribution in [-0.4, -0.2) is 49.3 Å². The van der Waals surface area contributed by atoms with Crippen molar-refractivity contribution >= 4 is 39.8 Å². The molecule has 0 aliphatic carbocycles. The number of para-hydroxylation sites is 1. The van der Waals surface area contributed by atoms with Gasteiger partial charge in [-0.1, -0.05) is 18.2 Å². The second-order valence-electron chi connectivity index (χ2n) is 6.22. The van der Waals surface area contributed by atoms with E-state index in [1.165, 1.54) is 6.26 Å². The van der Waals surface area contributed by atoms with Gasteiger partial charge in [-0.25, -0.2) is 18.1 Å². The molecule has 0 aliphatic heterocycles. The molecule has 0 amide bonds. The van der Waals surface area contributed by atoms with E-state index in [9.17, 15) is 8.42 Å². The number of nitrogens with one attached hydrogen (secondary N) is 2. The average Bonchev–Trinajstić information content (AvgIpc) is 2.90. The summed E-state index contributed by atoms with van der Waals surface area (Å²) in [7, 11) is -3.00. The summed E-state index contributed by atoms with van der Waals surface area (Å²) in [6.07, 6.45) is 1.23. The smallest absolute Gasteiger partial charge is 0.191 e. The van der Waals surface area contributed by atoms with Crippen LogP contribution in [0.4, 0.5) is 0 Å². The zero-order valence-electron chi connectivity index (χ0n) is 16.2. The van der Waals surface area contributed by atoms with E-state index >= 15 is 0 Å². The van der Waals surface area contributed by atoms with Crippen molar-refractivity contribution < 1.29 is 8.42 Å². The van der Waals surface area contributed by atoms with Crippen LogP contribution >= 0.6 is 24.0 Å². The molecule has 1 aromatic heterocycles. The van der Waals surface area contributed by atoms with Gasteiger partial charge in [-0.2, -0.15) is 5.10 Å². The van der Waals surface area contributed by atoms with Gasteiger partial charge < -0.3 is 10.6 Å². The summed E-state index contributed by atoms with van der Waals surface area (Å²) in [6.45, 7) is 7.45. The SMILES string of the molecule is CCNC(=NCc1ccccc1-n1nc(C)cc1C)NCCS(C)(=O)=O.I. The van der Waals surface area contributed by atoms with Crippen molar-refractivity contribution in [1.82, 2.24) is 20.4 Å². The first-order valence-corrected chi connectivity index (χ1v) is 10.7. The quantitative estimate of drug-likeness (QED) is 0.342. The largest absolute Gasteiger partial charge is 0.357 e. The number of nitrogens with zero attached hydrogens (tertiary/aromatic N) is 3. The van der Waals surface area contributed by atoms with Crippen molar-refractivity contribution in [2.75, 3.05) is 25.1 Å². The van der Waals surface area contributed by atoms with Crippen LogP contribution in [0.2, 0.25) is 0 Å². The van der Waals surface area contributed by atoms with Crippen molar-refractivity contribution in [2.24, 2.45) is 4.99 Å². The van der Waals surface area contributed by atoms with E-state index in [4.69, 9.17) is 0 Å². The first-order valence-electron chi connectivity index (χ1n) is 8.61. The number of aliphatic imine (C=N–C) groups is 1. The van der Waals surface area contributed by atoms with E-state index in [0.717, 1.165) is 22.6 Å². The molecule has 9 heteroatoms. The monoisotopic (exact) mass is 505 g/mol. The highest BCUT2D eigenvalue weighted by Gasteiger charge is 2.09. The van der Waals surface area contributed by atoms with Crippen LogP contribution in [0, 0.1) is 13.8 Å². The average molecular weight is 505 g/mol. The molecule has 27 heavy (non-hydrogen) atoms. The molecule has 0 atom stereocenters. The van der Waals surface area contributed by atoms with Crippen LogP contribution < -0.4 is 10.6 Å². The Labute approximate surface area is 178 Å². The molecule has 0 saturated carbocycles. The molecule has 7 nitrogen and oxygen atoms in total. The van der Waals surface area contributed by atoms with Crippen LogP contribution in [0.1, 0.15) is 23.9 Å². The van der Waals surface area contributed by atoms with Crippen molar-refractivity contribution in [3.05, 3.63) is 47.3 Å². The lowest BCUT2D eigenvalue weighted by Gasteiger charge is -2.13. The summed E-state index contributed by atoms with van der Waals surface area (Å²) in [5.41, 5.74) is 4.07. The minimum atomic E-state index is -3.00. The number of aromatic nitrogens is 2. The van der Waals surface area contributed by atoms with Crippen molar-refractivity contribution in [2.45, 2.75) is 27.3 Å². The predicted octanol–water partition coefficient (Wildman–Crippen LogP) is 2.21. The highest BCUT2D eigenvalue weighted by molar-refractivity contribution is 14.0. The molecule has 2 rings (SSSR count). The number of hydrogen-bond acceptors (Lipinski definition) is 4. The number of benzene rings is 1. The van der Waals surface area contributed by atoms with E-state index < -0.39 is 9.84 Å². The molecule has 0 aliphatic rings. The van der Waals surface area contributed by atoms with E-state index in [0.29, 0.717) is 25.6 Å². The van der Waals surface area contributed by atoms with Crippen LogP contribution in [0.15, 0.2) is 35.3 Å². The fraction of sp³-hybridized carbons (Fsp3) is 0.444. The maximum atomic E-state index is 11.3. The van der Waals surface area contributed by atoms with Gasteiger partial charge in [-0.3, -0.25) is 0 Å². The van der Waals surface area contributed by atoms with Gasteiger partial charge in [0.25, 0.3) is 0 Å². The Morgan fingerprint density at radius 3 is 2.52 bits per heavy atom. The Morgan fingerprint density at radius 1 is 1.22 bits per heavy atom. The summed E-state index contributed by atoms with van der Waals surface area (Å²) in [5, 5.41) is 10.7. The molecule has 0 saturated heterocycles. The normalized spacial score (nSPS) is 11.8. The molecule has 0 spiro atoms. The Hall–Kier alpha value is -1.62. The van der Waals surface area contributed by atoms with Crippen molar-refractivity contribution in [3.8, 4) is 5.69 Å². The van der Waals surface area contributed by atoms with Gasteiger partial charge in [0.15, 0.2) is 5.96 Å². The van der Waals surface area contributed by atoms with E-state index in [-0.39, 0.29) is 29.7 Å². The van der Waals surface area contributed by atoms with Gasteiger partial charge in [0, 0.05) is 25.0 Å². The molecule has 0 radical (unpaired) electrons. The van der Waals surface area contributed by atoms with Crippen LogP contribution in [0.3, 0.4) is 0 Å². The molecule has 0 unspecified atom stereocenters. The van der Waals surface area contributed by atoms with Crippen LogP contribution in [0.5, 0.6) is 0 Å². The maximum absolute atomic E-state index is 11.3. The minimum Gasteiger partial charge on any atom is -0.357 e. The third-order valence-corrected chi connectivity index (χ3v) is 4.69. The number of aryl methyl sites for hydroxylation is 2. The van der Waals surface area contributed by atoms with Crippen LogP contribution in [0.25, 0.3) is 5.69 Å². The fourth-order valence-electron chi connectivity index (χ4n) is 2.58. The highest BCUT2D eigenvalue weighted by atomic mass is 127. The standard InChI is InChI=1S/C18H27N5O2S.HI/c1-5-19-18(20-10-11-26(4,24)25)21-13-16-8-6-7-9-17(16)23-15(3)12-14(2)22-23;/h6-9,12H,5,10-11,13H2,1-4H3,(H2,19,20,21);1H. The van der Waals surface area contributed by atoms with Crippen molar-refractivity contribution in [1.29, 1.82) is 0 Å². The fourth-order valence-corrected chi connectivity index (χ4v) is 3.06. The van der Waals surface area contributed by atoms with Crippen LogP contribution in [-0.2, 0) is 16.4 Å². The summed E-state index contributed by atoms with van der Waals surface area (Å²) in [6, 6.07) is 10.0. The van der Waals surface area contributed by atoms with Crippen molar-refractivity contribution in [3.63, 3.8) is 0 Å². The van der Waals surface area contributed by atoms with Gasteiger partial charge in [0.1, 0.15) is 9.84 Å². The van der Waals surface area contributed by atoms with Gasteiger partial charge in [0.2, 0.25) is 0 Å². The minimum absolute atomic E-state index is 0. The second-order valence-corrected chi connectivity index (χ2v) is 8.48. The number of rotatable bonds is 7. The van der Waals surface area contributed by atoms with Gasteiger partial charge >= 0.3 is 0 Å². The summed E-state index contributed by atoms with van der Waals surface area (Å²) < 4.78 is 24.5. The lowest BCUT2D eigenvalue weighted by molar-refractivity contribution is 0.600. The third kappa shape index (κ3) is 7.49. The summed E-state index contributed by atoms with van der Waals surface area (Å²) in [4.78, 5) is 4.58. The molecule has 1 aromatic carbocycles. The lowest BCUT2D eigenvalue weighted by Crippen LogP contribution is -2.39. The topological polar surface area (TPSA) is 88.4 Å². The van der Waals surface area contributed by atoms with Gasteiger partial charge in [-0.15, -0.1) is 24.0 Å². The van der Waals surface area contributed by atoms with Gasteiger partial charge in [0.05, 0.1) is 23.7 Å². The Morgan fingerprint density at radius 2 is 1.93 bits per heavy atom. The first-order chi connectivity index (χ1) is 12.3. The Balaban J connectivity index is 0.00000364. The highest BCUT2D eigenvalue weighted by Crippen LogP contribution is 2.17. The number of guanidine groups is 1. The second kappa shape index (κ2) is 10.6. The molecule has 1 heterocycles. The van der Waals surface area contributed by atoms with Gasteiger partial charge in [-0.05, 0) is 38.5 Å². The zero-order valence-corrected chi connectivity index (χ0v) is 19.3. The Kier molecular flexibility index (Phi) is 9.23. The third-order valence-electron chi connectivity index (χ3n) is 3.75. The molecule has 2 aromatic rings. The number of sulfone groups is 1. The number of halogens is 1. The first kappa shape index (κ1) is 23.4. The summed E-state index contributed by atoms with van der Waals surface area (Å²) >= 11 is 0. The lowest BCUT2D eigenvalue weighted by atomic mass is 10.2.